The van der Waals surface area contributed by atoms with Gasteiger partial charge in [-0.1, -0.05) is 11.6 Å². The highest BCUT2D eigenvalue weighted by atomic mass is 35.5. The van der Waals surface area contributed by atoms with Crippen molar-refractivity contribution < 1.29 is 17.2 Å². The average Bonchev–Trinajstić information content (AvgIpc) is 2.41. The van der Waals surface area contributed by atoms with Crippen LogP contribution in [0.15, 0.2) is 41.3 Å². The van der Waals surface area contributed by atoms with E-state index in [1.54, 1.807) is 0 Å². The number of halogens is 3. The molecule has 0 aliphatic rings. The third-order valence-corrected chi connectivity index (χ3v) is 4.37. The minimum absolute atomic E-state index is 0.177. The van der Waals surface area contributed by atoms with Gasteiger partial charge in [-0.2, -0.15) is 5.26 Å². The molecule has 0 atom stereocenters. The van der Waals surface area contributed by atoms with E-state index < -0.39 is 27.3 Å². The molecule has 1 N–H and O–H groups in total. The van der Waals surface area contributed by atoms with Crippen LogP contribution in [0.4, 0.5) is 14.5 Å². The molecule has 0 saturated heterocycles. The molecule has 0 spiro atoms. The molecule has 2 rings (SSSR count). The highest BCUT2D eigenvalue weighted by molar-refractivity contribution is 7.92. The molecule has 0 aliphatic carbocycles. The van der Waals surface area contributed by atoms with Crippen molar-refractivity contribution in [2.24, 2.45) is 0 Å². The summed E-state index contributed by atoms with van der Waals surface area (Å²) in [5, 5.41) is 8.52. The van der Waals surface area contributed by atoms with Gasteiger partial charge in [-0.25, -0.2) is 17.2 Å². The summed E-state index contributed by atoms with van der Waals surface area (Å²) in [6.07, 6.45) is 0. The number of nitrogens with one attached hydrogen (secondary N) is 1. The Hall–Kier alpha value is -2.17. The zero-order valence-electron chi connectivity index (χ0n) is 10.3. The van der Waals surface area contributed by atoms with Gasteiger partial charge in [0.25, 0.3) is 10.0 Å². The normalized spacial score (nSPS) is 11.0. The minimum Gasteiger partial charge on any atom is -0.277 e. The van der Waals surface area contributed by atoms with Gasteiger partial charge in [-0.15, -0.1) is 0 Å². The summed E-state index contributed by atoms with van der Waals surface area (Å²) in [5.74, 6) is -1.88. The summed E-state index contributed by atoms with van der Waals surface area (Å²) in [6, 6.07) is 7.81. The minimum atomic E-state index is -4.16. The van der Waals surface area contributed by atoms with E-state index in [1.165, 1.54) is 12.1 Å². The first-order valence-electron chi connectivity index (χ1n) is 5.51. The van der Waals surface area contributed by atoms with Crippen LogP contribution < -0.4 is 4.72 Å². The first kappa shape index (κ1) is 15.2. The van der Waals surface area contributed by atoms with Crippen LogP contribution in [-0.4, -0.2) is 8.42 Å². The lowest BCUT2D eigenvalue weighted by atomic mass is 10.2. The molecule has 0 radical (unpaired) electrons. The van der Waals surface area contributed by atoms with Crippen LogP contribution in [0.5, 0.6) is 0 Å². The summed E-state index contributed by atoms with van der Waals surface area (Å²) >= 11 is 5.80. The Morgan fingerprint density at radius 1 is 1.14 bits per heavy atom. The number of nitriles is 1. The van der Waals surface area contributed by atoms with E-state index in [4.69, 9.17) is 16.9 Å². The Bertz CT molecular complexity index is 848. The topological polar surface area (TPSA) is 70.0 Å². The SMILES string of the molecule is N#Cc1ccc(S(=O)(=O)Nc2ccc(F)cc2F)c(Cl)c1. The van der Waals surface area contributed by atoms with Gasteiger partial charge in [0.1, 0.15) is 16.5 Å². The van der Waals surface area contributed by atoms with Crippen LogP contribution in [0.1, 0.15) is 5.56 Å². The number of benzene rings is 2. The van der Waals surface area contributed by atoms with Gasteiger partial charge in [0.15, 0.2) is 0 Å². The Labute approximate surface area is 124 Å². The maximum absolute atomic E-state index is 13.5. The number of rotatable bonds is 3. The molecule has 21 heavy (non-hydrogen) atoms. The fraction of sp³-hybridized carbons (Fsp3) is 0. The first-order valence-corrected chi connectivity index (χ1v) is 7.37. The second-order valence-electron chi connectivity index (χ2n) is 3.99. The number of anilines is 1. The van der Waals surface area contributed by atoms with E-state index in [-0.39, 0.29) is 15.5 Å². The van der Waals surface area contributed by atoms with Crippen molar-refractivity contribution in [2.75, 3.05) is 4.72 Å². The van der Waals surface area contributed by atoms with Gasteiger partial charge < -0.3 is 0 Å². The summed E-state index contributed by atoms with van der Waals surface area (Å²) in [4.78, 5) is -0.313. The van der Waals surface area contributed by atoms with Crippen molar-refractivity contribution >= 4 is 27.3 Å². The standard InChI is InChI=1S/C13H7ClF2N2O2S/c14-10-5-8(7-17)1-4-13(10)21(19,20)18-12-3-2-9(15)6-11(12)16/h1-6,18H. The van der Waals surface area contributed by atoms with Crippen molar-refractivity contribution in [1.29, 1.82) is 5.26 Å². The molecule has 0 unspecified atom stereocenters. The quantitative estimate of drug-likeness (QED) is 0.939. The maximum atomic E-state index is 13.5. The van der Waals surface area contributed by atoms with Crippen LogP contribution >= 0.6 is 11.6 Å². The van der Waals surface area contributed by atoms with Gasteiger partial charge in [0.2, 0.25) is 0 Å². The highest BCUT2D eigenvalue weighted by Gasteiger charge is 2.20. The van der Waals surface area contributed by atoms with Crippen LogP contribution in [-0.2, 0) is 10.0 Å². The lowest BCUT2D eigenvalue weighted by Crippen LogP contribution is -2.14. The van der Waals surface area contributed by atoms with Crippen LogP contribution in [0, 0.1) is 23.0 Å². The zero-order valence-corrected chi connectivity index (χ0v) is 11.8. The molecule has 0 heterocycles. The number of nitrogens with zero attached hydrogens (tertiary/aromatic N) is 1. The Balaban J connectivity index is 2.41. The molecule has 108 valence electrons. The second kappa shape index (κ2) is 5.68. The summed E-state index contributed by atoms with van der Waals surface area (Å²) < 4.78 is 52.5. The van der Waals surface area contributed by atoms with Crippen molar-refractivity contribution in [3.8, 4) is 6.07 Å². The fourth-order valence-electron chi connectivity index (χ4n) is 1.56. The molecule has 2 aromatic carbocycles. The Morgan fingerprint density at radius 2 is 1.86 bits per heavy atom. The van der Waals surface area contributed by atoms with E-state index in [0.29, 0.717) is 6.07 Å². The monoisotopic (exact) mass is 328 g/mol. The number of sulfonamides is 1. The van der Waals surface area contributed by atoms with Crippen molar-refractivity contribution in [2.45, 2.75) is 4.90 Å². The molecule has 0 bridgehead atoms. The summed E-state index contributed by atoms with van der Waals surface area (Å²) in [6.45, 7) is 0. The van der Waals surface area contributed by atoms with E-state index in [9.17, 15) is 17.2 Å². The van der Waals surface area contributed by atoms with Crippen LogP contribution in [0.2, 0.25) is 5.02 Å². The van der Waals surface area contributed by atoms with E-state index in [2.05, 4.69) is 0 Å². The lowest BCUT2D eigenvalue weighted by molar-refractivity contribution is 0.583. The molecule has 8 heteroatoms. The molecule has 0 amide bonds. The van der Waals surface area contributed by atoms with Gasteiger partial charge in [0, 0.05) is 6.07 Å². The van der Waals surface area contributed by atoms with Crippen molar-refractivity contribution in [3.05, 3.63) is 58.6 Å². The molecule has 0 fully saturated rings. The molecule has 0 saturated carbocycles. The largest absolute Gasteiger partial charge is 0.277 e. The van der Waals surface area contributed by atoms with Gasteiger partial charge in [-0.3, -0.25) is 4.72 Å². The second-order valence-corrected chi connectivity index (χ2v) is 6.04. The van der Waals surface area contributed by atoms with E-state index in [1.807, 2.05) is 10.8 Å². The van der Waals surface area contributed by atoms with Crippen LogP contribution in [0.25, 0.3) is 0 Å². The third kappa shape index (κ3) is 3.29. The van der Waals surface area contributed by atoms with Crippen LogP contribution in [0.3, 0.4) is 0 Å². The van der Waals surface area contributed by atoms with Gasteiger partial charge in [-0.05, 0) is 30.3 Å². The zero-order chi connectivity index (χ0) is 15.6. The molecule has 0 aromatic heterocycles. The highest BCUT2D eigenvalue weighted by Crippen LogP contribution is 2.26. The smallest absolute Gasteiger partial charge is 0.263 e. The maximum Gasteiger partial charge on any atom is 0.263 e. The lowest BCUT2D eigenvalue weighted by Gasteiger charge is -2.10. The molecule has 2 aromatic rings. The number of hydrogen-bond donors (Lipinski definition) is 1. The average molecular weight is 329 g/mol. The van der Waals surface area contributed by atoms with E-state index >= 15 is 0 Å². The first-order chi connectivity index (χ1) is 9.83. The molecule has 0 aliphatic heterocycles. The van der Waals surface area contributed by atoms with E-state index in [0.717, 1.165) is 18.2 Å². The summed E-state index contributed by atoms with van der Waals surface area (Å²) in [5.41, 5.74) is -0.219. The number of hydrogen-bond acceptors (Lipinski definition) is 3. The van der Waals surface area contributed by atoms with Gasteiger partial charge >= 0.3 is 0 Å². The van der Waals surface area contributed by atoms with Crippen molar-refractivity contribution in [1.82, 2.24) is 0 Å². The predicted molar refractivity (Wildman–Crippen MR) is 73.3 cm³/mol. The predicted octanol–water partition coefficient (Wildman–Crippen LogP) is 3.29. The van der Waals surface area contributed by atoms with Crippen molar-refractivity contribution in [3.63, 3.8) is 0 Å². The fourth-order valence-corrected chi connectivity index (χ4v) is 3.17. The molecule has 4 nitrogen and oxygen atoms in total. The molecular formula is C13H7ClF2N2O2S. The Kier molecular flexibility index (Phi) is 4.11. The molecular weight excluding hydrogens is 322 g/mol. The Morgan fingerprint density at radius 3 is 2.43 bits per heavy atom. The summed E-state index contributed by atoms with van der Waals surface area (Å²) in [7, 11) is -4.16. The third-order valence-electron chi connectivity index (χ3n) is 2.53. The van der Waals surface area contributed by atoms with Gasteiger partial charge in [0.05, 0.1) is 22.3 Å².